The first-order chi connectivity index (χ1) is 15.9. The molecule has 8 heteroatoms. The fourth-order valence-corrected chi connectivity index (χ4v) is 4.62. The second kappa shape index (κ2) is 14.0. The number of aliphatic carboxylic acids is 1. The van der Waals surface area contributed by atoms with E-state index in [1.54, 1.807) is 19.1 Å². The fraction of sp³-hybridized carbons (Fsp3) is 0.560. The average molecular weight is 523 g/mol. The van der Waals surface area contributed by atoms with Gasteiger partial charge in [-0.25, -0.2) is 4.79 Å². The van der Waals surface area contributed by atoms with E-state index in [1.807, 2.05) is 10.6 Å². The summed E-state index contributed by atoms with van der Waals surface area (Å²) in [5.74, 6) is -2.70. The van der Waals surface area contributed by atoms with Crippen molar-refractivity contribution in [3.05, 3.63) is 29.5 Å². The highest BCUT2D eigenvalue weighted by atomic mass is 79.9. The minimum absolute atomic E-state index is 0.193. The van der Waals surface area contributed by atoms with Crippen LogP contribution in [0.1, 0.15) is 80.3 Å². The van der Waals surface area contributed by atoms with Gasteiger partial charge in [-0.2, -0.15) is 0 Å². The average Bonchev–Trinajstić information content (AvgIpc) is 3.07. The number of carbonyl (C=O) groups excluding carboxylic acids is 2. The second-order valence-electron chi connectivity index (χ2n) is 8.36. The topological polar surface area (TPSA) is 112 Å². The molecule has 0 unspecified atom stereocenters. The molecule has 0 saturated heterocycles. The first kappa shape index (κ1) is 26.9. The number of hydrogen-bond acceptors (Lipinski definition) is 4. The molecule has 182 valence electrons. The van der Waals surface area contributed by atoms with Crippen molar-refractivity contribution in [3.8, 4) is 5.75 Å². The zero-order chi connectivity index (χ0) is 24.2. The van der Waals surface area contributed by atoms with Crippen LogP contribution in [0.3, 0.4) is 0 Å². The largest absolute Gasteiger partial charge is 0.481 e. The van der Waals surface area contributed by atoms with Crippen molar-refractivity contribution in [3.63, 3.8) is 0 Å². The van der Waals surface area contributed by atoms with Gasteiger partial charge < -0.3 is 20.1 Å². The monoisotopic (exact) mass is 522 g/mol. The van der Waals surface area contributed by atoms with Gasteiger partial charge >= 0.3 is 5.97 Å². The van der Waals surface area contributed by atoms with E-state index in [4.69, 9.17) is 15.6 Å². The van der Waals surface area contributed by atoms with Crippen LogP contribution in [-0.4, -0.2) is 39.3 Å². The smallest absolute Gasteiger partial charge is 0.341 e. The lowest BCUT2D eigenvalue weighted by Gasteiger charge is -2.09. The van der Waals surface area contributed by atoms with Crippen molar-refractivity contribution in [1.29, 1.82) is 0 Å². The third-order valence-electron chi connectivity index (χ3n) is 5.88. The number of hydrogen-bond donors (Lipinski definition) is 2. The quantitative estimate of drug-likeness (QED) is 0.125. The number of carboxylic acids is 1. The van der Waals surface area contributed by atoms with Gasteiger partial charge in [-0.1, -0.05) is 73.4 Å². The molecule has 1 heterocycles. The van der Waals surface area contributed by atoms with Crippen molar-refractivity contribution in [2.45, 2.75) is 77.7 Å². The Morgan fingerprint density at radius 1 is 0.970 bits per heavy atom. The highest BCUT2D eigenvalue weighted by molar-refractivity contribution is 9.09. The third kappa shape index (κ3) is 7.88. The highest BCUT2D eigenvalue weighted by Gasteiger charge is 2.26. The Hall–Kier alpha value is -2.35. The summed E-state index contributed by atoms with van der Waals surface area (Å²) in [4.78, 5) is 35.2. The molecule has 2 rings (SSSR count). The second-order valence-corrected chi connectivity index (χ2v) is 9.16. The lowest BCUT2D eigenvalue weighted by molar-refractivity contribution is -0.139. The van der Waals surface area contributed by atoms with Crippen LogP contribution < -0.4 is 10.5 Å². The fourth-order valence-electron chi connectivity index (χ4n) is 4.22. The molecule has 0 fully saturated rings. The predicted molar refractivity (Wildman–Crippen MR) is 133 cm³/mol. The summed E-state index contributed by atoms with van der Waals surface area (Å²) in [6.45, 7) is 1.94. The van der Waals surface area contributed by atoms with Crippen LogP contribution in [-0.2, 0) is 16.1 Å². The number of carboxylic acid groups (broad SMARTS) is 1. The Morgan fingerprint density at radius 2 is 1.55 bits per heavy atom. The molecule has 7 nitrogen and oxygen atoms in total. The number of Topliss-reactive ketones (excluding diaryl/α,β-unsaturated/α-hetero) is 1. The van der Waals surface area contributed by atoms with E-state index in [-0.39, 0.29) is 11.3 Å². The number of ketones is 1. The molecule has 2 aromatic rings. The zero-order valence-corrected chi connectivity index (χ0v) is 21.0. The molecule has 0 saturated carbocycles. The number of aromatic nitrogens is 1. The Balaban J connectivity index is 2.02. The summed E-state index contributed by atoms with van der Waals surface area (Å²) in [6, 6.07) is 5.21. The van der Waals surface area contributed by atoms with Crippen molar-refractivity contribution in [1.82, 2.24) is 4.57 Å². The SMILES string of the molecule is Cc1c(C(=O)C(N)=O)c2c(OCC(=O)O)cccc2n1CCCCCCCCCCCCBr. The molecule has 1 amide bonds. The normalized spacial score (nSPS) is 11.1. The summed E-state index contributed by atoms with van der Waals surface area (Å²) in [5, 5.41) is 10.5. The van der Waals surface area contributed by atoms with Gasteiger partial charge in [0.1, 0.15) is 5.75 Å². The van der Waals surface area contributed by atoms with Crippen LogP contribution in [0, 0.1) is 6.92 Å². The van der Waals surface area contributed by atoms with Crippen LogP contribution in [0.15, 0.2) is 18.2 Å². The molecule has 0 aliphatic heterocycles. The minimum atomic E-state index is -1.12. The number of benzene rings is 1. The number of ether oxygens (including phenoxy) is 1. The number of primary amides is 1. The van der Waals surface area contributed by atoms with Gasteiger partial charge in [-0.05, 0) is 31.9 Å². The molecule has 33 heavy (non-hydrogen) atoms. The first-order valence-electron chi connectivity index (χ1n) is 11.7. The van der Waals surface area contributed by atoms with E-state index in [9.17, 15) is 14.4 Å². The zero-order valence-electron chi connectivity index (χ0n) is 19.4. The van der Waals surface area contributed by atoms with Crippen molar-refractivity contribution in [2.24, 2.45) is 5.73 Å². The summed E-state index contributed by atoms with van der Waals surface area (Å²) >= 11 is 3.47. The van der Waals surface area contributed by atoms with Gasteiger partial charge in [0.05, 0.1) is 16.5 Å². The van der Waals surface area contributed by atoms with Gasteiger partial charge in [0.15, 0.2) is 6.61 Å². The van der Waals surface area contributed by atoms with Gasteiger partial charge in [-0.3, -0.25) is 9.59 Å². The summed E-state index contributed by atoms with van der Waals surface area (Å²) < 4.78 is 7.41. The molecule has 0 atom stereocenters. The maximum absolute atomic E-state index is 12.6. The number of nitrogens with zero attached hydrogens (tertiary/aromatic N) is 1. The van der Waals surface area contributed by atoms with Crippen LogP contribution in [0.4, 0.5) is 0 Å². The molecule has 0 bridgehead atoms. The van der Waals surface area contributed by atoms with E-state index in [0.29, 0.717) is 17.6 Å². The number of rotatable bonds is 17. The van der Waals surface area contributed by atoms with Crippen LogP contribution in [0.5, 0.6) is 5.75 Å². The first-order valence-corrected chi connectivity index (χ1v) is 12.9. The number of halogens is 1. The Morgan fingerprint density at radius 3 is 2.09 bits per heavy atom. The number of alkyl halides is 1. The summed E-state index contributed by atoms with van der Waals surface area (Å²) in [5.41, 5.74) is 6.86. The standard InChI is InChI=1S/C25H35BrN2O5/c1-18-22(24(31)25(27)32)23-19(13-12-14-20(23)33-17-21(29)30)28(18)16-11-9-7-5-3-2-4-6-8-10-15-26/h12-14H,2-11,15-17H2,1H3,(H2,27,32)(H,29,30). The predicted octanol–water partition coefficient (Wildman–Crippen LogP) is 5.38. The van der Waals surface area contributed by atoms with E-state index in [0.717, 1.165) is 23.7 Å². The van der Waals surface area contributed by atoms with Gasteiger partial charge in [-0.15, -0.1) is 0 Å². The Labute approximate surface area is 203 Å². The van der Waals surface area contributed by atoms with Gasteiger partial charge in [0.25, 0.3) is 11.7 Å². The lowest BCUT2D eigenvalue weighted by atomic mass is 10.1. The van der Waals surface area contributed by atoms with E-state index >= 15 is 0 Å². The lowest BCUT2D eigenvalue weighted by Crippen LogP contribution is -2.24. The number of unbranched alkanes of at least 4 members (excludes halogenated alkanes) is 9. The van der Waals surface area contributed by atoms with Crippen molar-refractivity contribution < 1.29 is 24.2 Å². The van der Waals surface area contributed by atoms with Crippen molar-refractivity contribution in [2.75, 3.05) is 11.9 Å². The van der Waals surface area contributed by atoms with Crippen LogP contribution >= 0.6 is 15.9 Å². The summed E-state index contributed by atoms with van der Waals surface area (Å²) in [7, 11) is 0. The molecular weight excluding hydrogens is 488 g/mol. The maximum Gasteiger partial charge on any atom is 0.341 e. The van der Waals surface area contributed by atoms with Gasteiger partial charge in [0, 0.05) is 17.6 Å². The molecule has 1 aromatic heterocycles. The van der Waals surface area contributed by atoms with Gasteiger partial charge in [0.2, 0.25) is 0 Å². The summed E-state index contributed by atoms with van der Waals surface area (Å²) in [6.07, 6.45) is 12.2. The number of fused-ring (bicyclic) bond motifs is 1. The molecule has 3 N–H and O–H groups in total. The Bertz CT molecular complexity index is 954. The number of amides is 1. The maximum atomic E-state index is 12.6. The van der Waals surface area contributed by atoms with E-state index in [1.165, 1.54) is 51.4 Å². The molecule has 0 aliphatic rings. The molecule has 0 spiro atoms. The molecule has 0 aliphatic carbocycles. The number of carbonyl (C=O) groups is 3. The highest BCUT2D eigenvalue weighted by Crippen LogP contribution is 2.34. The van der Waals surface area contributed by atoms with E-state index in [2.05, 4.69) is 15.9 Å². The third-order valence-corrected chi connectivity index (χ3v) is 6.44. The molecular formula is C25H35BrN2O5. The number of aryl methyl sites for hydroxylation is 1. The van der Waals surface area contributed by atoms with Crippen LogP contribution in [0.25, 0.3) is 10.9 Å². The molecule has 0 radical (unpaired) electrons. The number of nitrogens with two attached hydrogens (primary N) is 1. The Kier molecular flexibility index (Phi) is 11.4. The minimum Gasteiger partial charge on any atom is -0.481 e. The molecule has 1 aromatic carbocycles. The van der Waals surface area contributed by atoms with Crippen molar-refractivity contribution >= 4 is 44.5 Å². The van der Waals surface area contributed by atoms with Crippen LogP contribution in [0.2, 0.25) is 0 Å². The van der Waals surface area contributed by atoms with E-state index < -0.39 is 24.3 Å².